The van der Waals surface area contributed by atoms with E-state index < -0.39 is 23.8 Å². The van der Waals surface area contributed by atoms with E-state index in [-0.39, 0.29) is 18.9 Å². The Morgan fingerprint density at radius 1 is 1.17 bits per heavy atom. The lowest BCUT2D eigenvalue weighted by atomic mass is 9.84. The zero-order chi connectivity index (χ0) is 17.1. The van der Waals surface area contributed by atoms with Crippen LogP contribution in [0.5, 0.6) is 0 Å². The van der Waals surface area contributed by atoms with Gasteiger partial charge in [0, 0.05) is 32.2 Å². The number of alkyl halides is 3. The van der Waals surface area contributed by atoms with Crippen molar-refractivity contribution in [3.05, 3.63) is 0 Å². The van der Waals surface area contributed by atoms with Crippen molar-refractivity contribution in [1.29, 1.82) is 0 Å². The highest BCUT2D eigenvalue weighted by Crippen LogP contribution is 2.38. The lowest BCUT2D eigenvalue weighted by Crippen LogP contribution is -2.45. The van der Waals surface area contributed by atoms with Crippen LogP contribution in [0.2, 0.25) is 0 Å². The van der Waals surface area contributed by atoms with Crippen LogP contribution in [0.15, 0.2) is 0 Å². The number of aliphatic hydroxyl groups is 2. The average Bonchev–Trinajstić information content (AvgIpc) is 2.46. The number of hydrogen-bond acceptors (Lipinski definition) is 4. The van der Waals surface area contributed by atoms with Crippen LogP contribution >= 0.6 is 0 Å². The van der Waals surface area contributed by atoms with Crippen molar-refractivity contribution in [2.75, 3.05) is 26.8 Å². The van der Waals surface area contributed by atoms with Crippen LogP contribution in [0, 0.1) is 5.92 Å². The maximum Gasteiger partial charge on any atom is 0.391 e. The maximum absolute atomic E-state index is 12.7. The van der Waals surface area contributed by atoms with E-state index in [2.05, 4.69) is 0 Å². The summed E-state index contributed by atoms with van der Waals surface area (Å²) in [5.74, 6) is -1.18. The summed E-state index contributed by atoms with van der Waals surface area (Å²) in [6, 6.07) is 0.0765. The maximum atomic E-state index is 12.7. The molecule has 0 aromatic rings. The minimum Gasteiger partial charge on any atom is -0.392 e. The van der Waals surface area contributed by atoms with E-state index in [1.807, 2.05) is 11.9 Å². The first-order valence-corrected chi connectivity index (χ1v) is 8.45. The van der Waals surface area contributed by atoms with E-state index in [1.54, 1.807) is 0 Å². The molecule has 0 spiro atoms. The SMILES string of the molecule is CN(CC(O)CC1(O)CCOCC1)C1CCC(C(F)(F)F)CC1. The van der Waals surface area contributed by atoms with Gasteiger partial charge in [-0.3, -0.25) is 0 Å². The molecule has 1 aliphatic carbocycles. The summed E-state index contributed by atoms with van der Waals surface area (Å²) in [6.07, 6.45) is -2.10. The summed E-state index contributed by atoms with van der Waals surface area (Å²) < 4.78 is 43.3. The lowest BCUT2D eigenvalue weighted by Gasteiger charge is -2.38. The number of hydrogen-bond donors (Lipinski definition) is 2. The smallest absolute Gasteiger partial charge is 0.391 e. The number of nitrogens with zero attached hydrogens (tertiary/aromatic N) is 1. The van der Waals surface area contributed by atoms with Crippen molar-refractivity contribution in [2.45, 2.75) is 68.9 Å². The molecular weight excluding hydrogens is 311 g/mol. The lowest BCUT2D eigenvalue weighted by molar-refractivity contribution is -0.184. The second kappa shape index (κ2) is 7.68. The summed E-state index contributed by atoms with van der Waals surface area (Å²) in [5, 5.41) is 20.6. The van der Waals surface area contributed by atoms with E-state index in [9.17, 15) is 23.4 Å². The zero-order valence-electron chi connectivity index (χ0n) is 13.7. The van der Waals surface area contributed by atoms with E-state index in [4.69, 9.17) is 4.74 Å². The largest absolute Gasteiger partial charge is 0.392 e. The molecule has 0 radical (unpaired) electrons. The second-order valence-corrected chi connectivity index (χ2v) is 7.18. The van der Waals surface area contributed by atoms with E-state index in [0.717, 1.165) is 0 Å². The molecule has 1 saturated carbocycles. The Hall–Kier alpha value is -0.370. The molecule has 1 aliphatic heterocycles. The third-order valence-corrected chi connectivity index (χ3v) is 5.32. The molecule has 7 heteroatoms. The van der Waals surface area contributed by atoms with Gasteiger partial charge in [-0.1, -0.05) is 0 Å². The number of aliphatic hydroxyl groups excluding tert-OH is 1. The third kappa shape index (κ3) is 5.59. The van der Waals surface area contributed by atoms with Crippen molar-refractivity contribution >= 4 is 0 Å². The first-order chi connectivity index (χ1) is 10.7. The van der Waals surface area contributed by atoms with Gasteiger partial charge in [-0.05, 0) is 45.6 Å². The Labute approximate surface area is 135 Å². The van der Waals surface area contributed by atoms with Crippen molar-refractivity contribution in [2.24, 2.45) is 5.92 Å². The van der Waals surface area contributed by atoms with Crippen molar-refractivity contribution in [3.8, 4) is 0 Å². The summed E-state index contributed by atoms with van der Waals surface area (Å²) in [6.45, 7) is 1.38. The Morgan fingerprint density at radius 2 is 1.74 bits per heavy atom. The van der Waals surface area contributed by atoms with Crippen LogP contribution in [-0.2, 0) is 4.74 Å². The Bertz CT molecular complexity index is 364. The molecule has 4 nitrogen and oxygen atoms in total. The highest BCUT2D eigenvalue weighted by Gasteiger charge is 2.42. The van der Waals surface area contributed by atoms with E-state index >= 15 is 0 Å². The summed E-state index contributed by atoms with van der Waals surface area (Å²) >= 11 is 0. The van der Waals surface area contributed by atoms with Crippen LogP contribution < -0.4 is 0 Å². The van der Waals surface area contributed by atoms with Crippen molar-refractivity contribution in [3.63, 3.8) is 0 Å². The summed E-state index contributed by atoms with van der Waals surface area (Å²) in [4.78, 5) is 1.94. The standard InChI is InChI=1S/C16H28F3NO3/c1-20(13-4-2-12(3-5-13)16(17,18)19)11-14(21)10-15(22)6-8-23-9-7-15/h12-14,21-22H,2-11H2,1H3. The number of likely N-dealkylation sites (N-methyl/N-ethyl adjacent to an activating group) is 1. The molecule has 0 bridgehead atoms. The quantitative estimate of drug-likeness (QED) is 0.807. The monoisotopic (exact) mass is 339 g/mol. The molecule has 136 valence electrons. The molecule has 1 atom stereocenters. The first-order valence-electron chi connectivity index (χ1n) is 8.45. The van der Waals surface area contributed by atoms with Gasteiger partial charge in [-0.2, -0.15) is 13.2 Å². The first kappa shape index (κ1) is 19.0. The highest BCUT2D eigenvalue weighted by atomic mass is 19.4. The Balaban J connectivity index is 1.75. The van der Waals surface area contributed by atoms with Gasteiger partial charge in [0.1, 0.15) is 0 Å². The molecule has 23 heavy (non-hydrogen) atoms. The van der Waals surface area contributed by atoms with Crippen LogP contribution in [0.1, 0.15) is 44.9 Å². The normalized spacial score (nSPS) is 30.4. The van der Waals surface area contributed by atoms with Crippen LogP contribution in [0.25, 0.3) is 0 Å². The minimum atomic E-state index is -4.09. The number of halogens is 3. The molecule has 0 aromatic carbocycles. The molecular formula is C16H28F3NO3. The van der Waals surface area contributed by atoms with Gasteiger partial charge < -0.3 is 19.8 Å². The summed E-state index contributed by atoms with van der Waals surface area (Å²) in [5.41, 5.74) is -0.882. The van der Waals surface area contributed by atoms with Crippen molar-refractivity contribution < 1.29 is 28.1 Å². The fraction of sp³-hybridized carbons (Fsp3) is 1.00. The van der Waals surface area contributed by atoms with E-state index in [0.29, 0.717) is 51.9 Å². The topological polar surface area (TPSA) is 52.9 Å². The zero-order valence-corrected chi connectivity index (χ0v) is 13.7. The molecule has 2 rings (SSSR count). The molecule has 1 saturated heterocycles. The number of ether oxygens (including phenoxy) is 1. The van der Waals surface area contributed by atoms with Gasteiger partial charge in [-0.15, -0.1) is 0 Å². The summed E-state index contributed by atoms with van der Waals surface area (Å²) in [7, 11) is 1.84. The molecule has 2 fully saturated rings. The molecule has 2 aliphatic rings. The fourth-order valence-electron chi connectivity index (χ4n) is 3.78. The third-order valence-electron chi connectivity index (χ3n) is 5.32. The Kier molecular flexibility index (Phi) is 6.33. The van der Waals surface area contributed by atoms with E-state index in [1.165, 1.54) is 0 Å². The highest BCUT2D eigenvalue weighted by molar-refractivity contribution is 4.86. The Morgan fingerprint density at radius 3 is 2.26 bits per heavy atom. The van der Waals surface area contributed by atoms with Gasteiger partial charge in [0.05, 0.1) is 17.6 Å². The van der Waals surface area contributed by atoms with Crippen LogP contribution in [0.4, 0.5) is 13.2 Å². The van der Waals surface area contributed by atoms with Gasteiger partial charge in [0.25, 0.3) is 0 Å². The van der Waals surface area contributed by atoms with Gasteiger partial charge >= 0.3 is 6.18 Å². The van der Waals surface area contributed by atoms with Crippen LogP contribution in [-0.4, -0.2) is 65.8 Å². The van der Waals surface area contributed by atoms with Gasteiger partial charge in [0.2, 0.25) is 0 Å². The molecule has 0 aromatic heterocycles. The molecule has 1 heterocycles. The van der Waals surface area contributed by atoms with Crippen LogP contribution in [0.3, 0.4) is 0 Å². The predicted molar refractivity (Wildman–Crippen MR) is 80.1 cm³/mol. The predicted octanol–water partition coefficient (Wildman–Crippen LogP) is 2.33. The average molecular weight is 339 g/mol. The van der Waals surface area contributed by atoms with Gasteiger partial charge in [-0.25, -0.2) is 0 Å². The molecule has 0 amide bonds. The fourth-order valence-corrected chi connectivity index (χ4v) is 3.78. The minimum absolute atomic E-state index is 0.0765. The second-order valence-electron chi connectivity index (χ2n) is 7.18. The van der Waals surface area contributed by atoms with Crippen molar-refractivity contribution in [1.82, 2.24) is 4.90 Å². The molecule has 2 N–H and O–H groups in total. The number of rotatable bonds is 5. The molecule has 1 unspecified atom stereocenters. The van der Waals surface area contributed by atoms with Gasteiger partial charge in [0.15, 0.2) is 0 Å².